The lowest BCUT2D eigenvalue weighted by Gasteiger charge is -2.32. The molecule has 1 heterocycles. The van der Waals surface area contributed by atoms with Crippen LogP contribution in [-0.2, 0) is 17.8 Å². The molecule has 0 atom stereocenters. The zero-order chi connectivity index (χ0) is 16.2. The third-order valence-electron chi connectivity index (χ3n) is 4.22. The minimum atomic E-state index is -0.489. The second-order valence-corrected chi connectivity index (χ2v) is 6.06. The quantitative estimate of drug-likeness (QED) is 0.913. The summed E-state index contributed by atoms with van der Waals surface area (Å²) < 4.78 is 0. The van der Waals surface area contributed by atoms with Gasteiger partial charge in [0, 0.05) is 24.5 Å². The van der Waals surface area contributed by atoms with E-state index in [0.717, 1.165) is 31.6 Å². The first-order chi connectivity index (χ1) is 11.2. The molecule has 23 heavy (non-hydrogen) atoms. The fourth-order valence-corrected chi connectivity index (χ4v) is 3.03. The van der Waals surface area contributed by atoms with E-state index in [1.54, 1.807) is 0 Å². The molecule has 1 amide bonds. The van der Waals surface area contributed by atoms with Gasteiger partial charge in [-0.15, -0.1) is 0 Å². The summed E-state index contributed by atoms with van der Waals surface area (Å²) in [5.74, 6) is -0.378. The molecule has 0 aliphatic carbocycles. The van der Waals surface area contributed by atoms with Crippen LogP contribution in [0.3, 0.4) is 0 Å². The molecular weight excluding hydrogens is 288 g/mol. The summed E-state index contributed by atoms with van der Waals surface area (Å²) in [4.78, 5) is 13.7. The zero-order valence-corrected chi connectivity index (χ0v) is 13.4. The molecule has 1 aliphatic rings. The first-order valence-corrected chi connectivity index (χ1v) is 8.00. The average molecular weight is 310 g/mol. The molecule has 0 saturated carbocycles. The van der Waals surface area contributed by atoms with Crippen molar-refractivity contribution in [3.8, 4) is 0 Å². The van der Waals surface area contributed by atoms with Crippen LogP contribution in [0.25, 0.3) is 0 Å². The Hall–Kier alpha value is -2.33. The van der Waals surface area contributed by atoms with Gasteiger partial charge in [-0.1, -0.05) is 29.8 Å². The monoisotopic (exact) mass is 310 g/mol. The largest absolute Gasteiger partial charge is 0.387 e. The molecule has 0 saturated heterocycles. The number of nitrogens with one attached hydrogen (secondary N) is 1. The van der Waals surface area contributed by atoms with E-state index in [1.807, 2.05) is 12.1 Å². The number of amides is 1. The van der Waals surface area contributed by atoms with Gasteiger partial charge < -0.3 is 15.3 Å². The lowest BCUT2D eigenvalue weighted by atomic mass is 10.00. The van der Waals surface area contributed by atoms with Gasteiger partial charge in [-0.25, -0.2) is 0 Å². The third kappa shape index (κ3) is 3.71. The third-order valence-corrected chi connectivity index (χ3v) is 4.22. The fourth-order valence-electron chi connectivity index (χ4n) is 3.03. The molecule has 0 radical (unpaired) electrons. The zero-order valence-electron chi connectivity index (χ0n) is 13.4. The van der Waals surface area contributed by atoms with Crippen molar-refractivity contribution >= 4 is 17.3 Å². The molecule has 0 bridgehead atoms. The lowest BCUT2D eigenvalue weighted by Crippen LogP contribution is -2.29. The van der Waals surface area contributed by atoms with Crippen molar-refractivity contribution in [3.63, 3.8) is 0 Å². The summed E-state index contributed by atoms with van der Waals surface area (Å²) >= 11 is 0. The number of carbonyl (C=O) groups excluding carboxylic acids is 1. The molecule has 1 aliphatic heterocycles. The van der Waals surface area contributed by atoms with Gasteiger partial charge in [0.1, 0.15) is 6.61 Å². The summed E-state index contributed by atoms with van der Waals surface area (Å²) in [5, 5.41) is 11.5. The van der Waals surface area contributed by atoms with Crippen LogP contribution < -0.4 is 10.2 Å². The Kier molecular flexibility index (Phi) is 4.63. The summed E-state index contributed by atoms with van der Waals surface area (Å²) in [6, 6.07) is 14.6. The van der Waals surface area contributed by atoms with E-state index >= 15 is 0 Å². The van der Waals surface area contributed by atoms with Crippen molar-refractivity contribution in [3.05, 3.63) is 59.2 Å². The van der Waals surface area contributed by atoms with E-state index < -0.39 is 6.61 Å². The van der Waals surface area contributed by atoms with Crippen LogP contribution in [0.1, 0.15) is 23.1 Å². The molecule has 4 nitrogen and oxygen atoms in total. The minimum absolute atomic E-state index is 0.378. The van der Waals surface area contributed by atoms with Crippen LogP contribution in [0.5, 0.6) is 0 Å². The maximum Gasteiger partial charge on any atom is 0.250 e. The van der Waals surface area contributed by atoms with Crippen molar-refractivity contribution < 1.29 is 9.90 Å². The van der Waals surface area contributed by atoms with E-state index in [0.29, 0.717) is 0 Å². The van der Waals surface area contributed by atoms with E-state index in [9.17, 15) is 4.79 Å². The SMILES string of the molecule is Cc1ccc(CN2CCCc3cc(NC(=O)CO)ccc32)cc1. The predicted octanol–water partition coefficient (Wildman–Crippen LogP) is 2.88. The lowest BCUT2D eigenvalue weighted by molar-refractivity contribution is -0.118. The van der Waals surface area contributed by atoms with Gasteiger partial charge in [-0.05, 0) is 49.1 Å². The number of anilines is 2. The summed E-state index contributed by atoms with van der Waals surface area (Å²) in [7, 11) is 0. The molecule has 3 rings (SSSR count). The van der Waals surface area contributed by atoms with E-state index in [-0.39, 0.29) is 5.91 Å². The molecule has 2 N–H and O–H groups in total. The van der Waals surface area contributed by atoms with Crippen LogP contribution in [-0.4, -0.2) is 24.2 Å². The Morgan fingerprint density at radius 1 is 1.22 bits per heavy atom. The number of nitrogens with zero attached hydrogens (tertiary/aromatic N) is 1. The molecule has 2 aromatic carbocycles. The molecule has 0 spiro atoms. The number of aryl methyl sites for hydroxylation is 2. The Morgan fingerprint density at radius 2 is 2.00 bits per heavy atom. The second-order valence-electron chi connectivity index (χ2n) is 6.06. The fraction of sp³-hybridized carbons (Fsp3) is 0.316. The van der Waals surface area contributed by atoms with Gasteiger partial charge in [0.15, 0.2) is 0 Å². The Morgan fingerprint density at radius 3 is 2.74 bits per heavy atom. The number of fused-ring (bicyclic) bond motifs is 1. The Balaban J connectivity index is 1.79. The first kappa shape index (κ1) is 15.6. The Labute approximate surface area is 136 Å². The second kappa shape index (κ2) is 6.84. The highest BCUT2D eigenvalue weighted by molar-refractivity contribution is 5.91. The molecule has 120 valence electrons. The maximum atomic E-state index is 11.3. The van der Waals surface area contributed by atoms with E-state index in [2.05, 4.69) is 47.5 Å². The van der Waals surface area contributed by atoms with Gasteiger partial charge in [0.25, 0.3) is 0 Å². The molecule has 0 unspecified atom stereocenters. The minimum Gasteiger partial charge on any atom is -0.387 e. The van der Waals surface area contributed by atoms with Crippen LogP contribution in [0, 0.1) is 6.92 Å². The molecule has 4 heteroatoms. The predicted molar refractivity (Wildman–Crippen MR) is 92.7 cm³/mol. The number of benzene rings is 2. The number of carbonyl (C=O) groups is 1. The molecule has 2 aromatic rings. The van der Waals surface area contributed by atoms with Gasteiger partial charge >= 0.3 is 0 Å². The normalized spacial score (nSPS) is 13.6. The van der Waals surface area contributed by atoms with Gasteiger partial charge in [0.2, 0.25) is 5.91 Å². The number of aliphatic hydroxyl groups excluding tert-OH is 1. The summed E-state index contributed by atoms with van der Waals surface area (Å²) in [6.45, 7) is 3.55. The maximum absolute atomic E-state index is 11.3. The van der Waals surface area contributed by atoms with Crippen LogP contribution in [0.15, 0.2) is 42.5 Å². The van der Waals surface area contributed by atoms with Crippen molar-refractivity contribution in [2.75, 3.05) is 23.4 Å². The average Bonchev–Trinajstić information content (AvgIpc) is 2.57. The number of hydrogen-bond donors (Lipinski definition) is 2. The van der Waals surface area contributed by atoms with Crippen LogP contribution in [0.2, 0.25) is 0 Å². The van der Waals surface area contributed by atoms with Crippen LogP contribution in [0.4, 0.5) is 11.4 Å². The first-order valence-electron chi connectivity index (χ1n) is 8.00. The smallest absolute Gasteiger partial charge is 0.250 e. The molecular formula is C19H22N2O2. The Bertz CT molecular complexity index is 695. The van der Waals surface area contributed by atoms with E-state index in [1.165, 1.54) is 22.4 Å². The number of hydrogen-bond acceptors (Lipinski definition) is 3. The van der Waals surface area contributed by atoms with Gasteiger partial charge in [0.05, 0.1) is 0 Å². The van der Waals surface area contributed by atoms with Crippen LogP contribution >= 0.6 is 0 Å². The standard InChI is InChI=1S/C19H22N2O2/c1-14-4-6-15(7-5-14)12-21-10-2-3-16-11-17(8-9-18(16)21)20-19(23)13-22/h4-9,11,22H,2-3,10,12-13H2,1H3,(H,20,23). The number of rotatable bonds is 4. The van der Waals surface area contributed by atoms with Crippen molar-refractivity contribution in [1.82, 2.24) is 0 Å². The highest BCUT2D eigenvalue weighted by Crippen LogP contribution is 2.30. The molecule has 0 fully saturated rings. The molecule has 0 aromatic heterocycles. The summed E-state index contributed by atoms with van der Waals surface area (Å²) in [5.41, 5.74) is 5.82. The van der Waals surface area contributed by atoms with Crippen molar-refractivity contribution in [2.45, 2.75) is 26.3 Å². The van der Waals surface area contributed by atoms with Gasteiger partial charge in [-0.3, -0.25) is 4.79 Å². The highest BCUT2D eigenvalue weighted by atomic mass is 16.3. The summed E-state index contributed by atoms with van der Waals surface area (Å²) in [6.07, 6.45) is 2.12. The van der Waals surface area contributed by atoms with Gasteiger partial charge in [-0.2, -0.15) is 0 Å². The number of aliphatic hydroxyl groups is 1. The van der Waals surface area contributed by atoms with E-state index in [4.69, 9.17) is 5.11 Å². The highest BCUT2D eigenvalue weighted by Gasteiger charge is 2.17. The topological polar surface area (TPSA) is 52.6 Å². The van der Waals surface area contributed by atoms with Crippen molar-refractivity contribution in [1.29, 1.82) is 0 Å². The van der Waals surface area contributed by atoms with Crippen molar-refractivity contribution in [2.24, 2.45) is 0 Å².